The monoisotopic (exact) mass is 292 g/mol. The third-order valence-corrected chi connectivity index (χ3v) is 5.44. The Hall–Kier alpha value is -1.76. The van der Waals surface area contributed by atoms with Crippen LogP contribution in [0.4, 0.5) is 0 Å². The van der Waals surface area contributed by atoms with Gasteiger partial charge in [-0.05, 0) is 104 Å². The van der Waals surface area contributed by atoms with Crippen molar-refractivity contribution in [3.63, 3.8) is 0 Å². The second kappa shape index (κ2) is 5.46. The van der Waals surface area contributed by atoms with E-state index in [9.17, 15) is 5.11 Å². The summed E-state index contributed by atoms with van der Waals surface area (Å²) in [5.74, 6) is 0.458. The van der Waals surface area contributed by atoms with E-state index in [1.54, 1.807) is 0 Å². The van der Waals surface area contributed by atoms with Crippen LogP contribution in [0.2, 0.25) is 0 Å². The SMILES string of the molecule is Cc1cc2c(cc1-c1cc3c(cc1O)CCCC3)CCCC2. The summed E-state index contributed by atoms with van der Waals surface area (Å²) >= 11 is 0. The van der Waals surface area contributed by atoms with Crippen LogP contribution >= 0.6 is 0 Å². The van der Waals surface area contributed by atoms with Crippen LogP contribution in [0.15, 0.2) is 24.3 Å². The van der Waals surface area contributed by atoms with Crippen LogP contribution in [0, 0.1) is 6.92 Å². The zero-order chi connectivity index (χ0) is 15.1. The Kier molecular flexibility index (Phi) is 3.44. The molecule has 2 aliphatic rings. The van der Waals surface area contributed by atoms with E-state index in [2.05, 4.69) is 25.1 Å². The van der Waals surface area contributed by atoms with Crippen molar-refractivity contribution in [2.24, 2.45) is 0 Å². The summed E-state index contributed by atoms with van der Waals surface area (Å²) in [6, 6.07) is 8.96. The van der Waals surface area contributed by atoms with Crippen molar-refractivity contribution in [2.75, 3.05) is 0 Å². The number of rotatable bonds is 1. The number of fused-ring (bicyclic) bond motifs is 2. The van der Waals surface area contributed by atoms with Gasteiger partial charge in [0.15, 0.2) is 0 Å². The van der Waals surface area contributed by atoms with Crippen molar-refractivity contribution in [1.82, 2.24) is 0 Å². The summed E-state index contributed by atoms with van der Waals surface area (Å²) in [5.41, 5.74) is 9.36. The van der Waals surface area contributed by atoms with Gasteiger partial charge in [-0.15, -0.1) is 0 Å². The van der Waals surface area contributed by atoms with Gasteiger partial charge in [-0.3, -0.25) is 0 Å². The summed E-state index contributed by atoms with van der Waals surface area (Å²) in [6.07, 6.45) is 9.82. The zero-order valence-corrected chi connectivity index (χ0v) is 13.4. The Morgan fingerprint density at radius 3 is 1.68 bits per heavy atom. The molecular weight excluding hydrogens is 268 g/mol. The van der Waals surface area contributed by atoms with Crippen LogP contribution < -0.4 is 0 Å². The molecule has 0 heterocycles. The number of aromatic hydroxyl groups is 1. The molecule has 2 aromatic carbocycles. The fraction of sp³-hybridized carbons (Fsp3) is 0.429. The molecule has 0 fully saturated rings. The molecule has 1 heteroatoms. The van der Waals surface area contributed by atoms with E-state index in [0.717, 1.165) is 18.4 Å². The van der Waals surface area contributed by atoms with Crippen LogP contribution in [0.1, 0.15) is 53.5 Å². The smallest absolute Gasteiger partial charge is 0.123 e. The van der Waals surface area contributed by atoms with Crippen LogP contribution in [-0.4, -0.2) is 5.11 Å². The van der Waals surface area contributed by atoms with E-state index in [4.69, 9.17) is 0 Å². The first-order valence-electron chi connectivity index (χ1n) is 8.70. The van der Waals surface area contributed by atoms with Gasteiger partial charge in [0.1, 0.15) is 5.75 Å². The summed E-state index contributed by atoms with van der Waals surface area (Å²) in [7, 11) is 0. The quantitative estimate of drug-likeness (QED) is 0.773. The molecule has 114 valence electrons. The molecule has 0 atom stereocenters. The van der Waals surface area contributed by atoms with Crippen molar-refractivity contribution >= 4 is 0 Å². The number of hydrogen-bond donors (Lipinski definition) is 1. The zero-order valence-electron chi connectivity index (χ0n) is 13.4. The minimum absolute atomic E-state index is 0.458. The van der Waals surface area contributed by atoms with Gasteiger partial charge < -0.3 is 5.11 Å². The van der Waals surface area contributed by atoms with Crippen molar-refractivity contribution in [2.45, 2.75) is 58.3 Å². The number of aryl methyl sites for hydroxylation is 5. The maximum Gasteiger partial charge on any atom is 0.123 e. The number of hydrogen-bond acceptors (Lipinski definition) is 1. The molecular formula is C21H24O. The van der Waals surface area contributed by atoms with E-state index < -0.39 is 0 Å². The van der Waals surface area contributed by atoms with Gasteiger partial charge in [0.05, 0.1) is 0 Å². The highest BCUT2D eigenvalue weighted by Gasteiger charge is 2.17. The van der Waals surface area contributed by atoms with Crippen molar-refractivity contribution in [3.05, 3.63) is 52.1 Å². The average Bonchev–Trinajstić information content (AvgIpc) is 2.54. The second-order valence-corrected chi connectivity index (χ2v) is 6.99. The predicted molar refractivity (Wildman–Crippen MR) is 91.6 cm³/mol. The third-order valence-electron chi connectivity index (χ3n) is 5.44. The summed E-state index contributed by atoms with van der Waals surface area (Å²) in [5, 5.41) is 10.5. The molecule has 0 amide bonds. The van der Waals surface area contributed by atoms with Crippen LogP contribution in [-0.2, 0) is 25.7 Å². The Bertz CT molecular complexity index is 664. The van der Waals surface area contributed by atoms with Gasteiger partial charge in [-0.25, -0.2) is 0 Å². The maximum absolute atomic E-state index is 10.5. The molecule has 0 saturated carbocycles. The van der Waals surface area contributed by atoms with Crippen LogP contribution in [0.5, 0.6) is 5.75 Å². The van der Waals surface area contributed by atoms with E-state index in [0.29, 0.717) is 5.75 Å². The first-order chi connectivity index (χ1) is 10.7. The molecule has 0 aromatic heterocycles. The number of benzene rings is 2. The Balaban J connectivity index is 1.84. The fourth-order valence-corrected chi connectivity index (χ4v) is 4.19. The lowest BCUT2D eigenvalue weighted by atomic mass is 9.84. The maximum atomic E-state index is 10.5. The fourth-order valence-electron chi connectivity index (χ4n) is 4.19. The number of phenolic OH excluding ortho intramolecular Hbond substituents is 1. The van der Waals surface area contributed by atoms with Crippen LogP contribution in [0.25, 0.3) is 11.1 Å². The Morgan fingerprint density at radius 1 is 0.636 bits per heavy atom. The van der Waals surface area contributed by atoms with E-state index in [-0.39, 0.29) is 0 Å². The van der Waals surface area contributed by atoms with Crippen molar-refractivity contribution < 1.29 is 5.11 Å². The molecule has 4 rings (SSSR count). The Labute approximate surface area is 133 Å². The molecule has 0 saturated heterocycles. The number of phenols is 1. The largest absolute Gasteiger partial charge is 0.507 e. The predicted octanol–water partition coefficient (Wildman–Crippen LogP) is 5.13. The van der Waals surface area contributed by atoms with E-state index in [1.807, 2.05) is 6.07 Å². The average molecular weight is 292 g/mol. The highest BCUT2D eigenvalue weighted by Crippen LogP contribution is 2.38. The molecule has 2 aromatic rings. The normalized spacial score (nSPS) is 17.0. The third kappa shape index (κ3) is 2.33. The highest BCUT2D eigenvalue weighted by molar-refractivity contribution is 5.75. The van der Waals surface area contributed by atoms with Crippen molar-refractivity contribution in [3.8, 4) is 16.9 Å². The van der Waals surface area contributed by atoms with Gasteiger partial charge in [-0.1, -0.05) is 12.1 Å². The lowest BCUT2D eigenvalue weighted by molar-refractivity contribution is 0.475. The molecule has 0 radical (unpaired) electrons. The minimum Gasteiger partial charge on any atom is -0.507 e. The topological polar surface area (TPSA) is 20.2 Å². The van der Waals surface area contributed by atoms with Crippen molar-refractivity contribution in [1.29, 1.82) is 0 Å². The molecule has 0 aliphatic heterocycles. The Morgan fingerprint density at radius 2 is 1.09 bits per heavy atom. The molecule has 22 heavy (non-hydrogen) atoms. The summed E-state index contributed by atoms with van der Waals surface area (Å²) in [4.78, 5) is 0. The summed E-state index contributed by atoms with van der Waals surface area (Å²) in [6.45, 7) is 2.18. The molecule has 2 aliphatic carbocycles. The summed E-state index contributed by atoms with van der Waals surface area (Å²) < 4.78 is 0. The molecule has 1 nitrogen and oxygen atoms in total. The first-order valence-corrected chi connectivity index (χ1v) is 8.70. The molecule has 0 bridgehead atoms. The van der Waals surface area contributed by atoms with Gasteiger partial charge >= 0.3 is 0 Å². The first kappa shape index (κ1) is 13.9. The van der Waals surface area contributed by atoms with Gasteiger partial charge in [0.2, 0.25) is 0 Å². The molecule has 0 spiro atoms. The van der Waals surface area contributed by atoms with Crippen LogP contribution in [0.3, 0.4) is 0 Å². The van der Waals surface area contributed by atoms with Gasteiger partial charge in [-0.2, -0.15) is 0 Å². The molecule has 1 N–H and O–H groups in total. The van der Waals surface area contributed by atoms with E-state index in [1.165, 1.54) is 71.9 Å². The lowest BCUT2D eigenvalue weighted by Gasteiger charge is -2.21. The lowest BCUT2D eigenvalue weighted by Crippen LogP contribution is -2.05. The highest BCUT2D eigenvalue weighted by atomic mass is 16.3. The standard InChI is InChI=1S/C21H24O/c1-14-10-15-6-2-3-7-16(15)11-19(14)20-12-17-8-4-5-9-18(17)13-21(20)22/h10-13,22H,2-9H2,1H3. The van der Waals surface area contributed by atoms with Gasteiger partial charge in [0, 0.05) is 5.56 Å². The van der Waals surface area contributed by atoms with Gasteiger partial charge in [0.25, 0.3) is 0 Å². The molecule has 0 unspecified atom stereocenters. The van der Waals surface area contributed by atoms with E-state index >= 15 is 0 Å². The second-order valence-electron chi connectivity index (χ2n) is 6.99. The minimum atomic E-state index is 0.458.